The first-order chi connectivity index (χ1) is 11.0. The van der Waals surface area contributed by atoms with Crippen LogP contribution in [-0.4, -0.2) is 26.0 Å². The van der Waals surface area contributed by atoms with Crippen molar-refractivity contribution in [3.8, 4) is 0 Å². The average molecular weight is 314 g/mol. The largest absolute Gasteiger partial charge is 0.397 e. The minimum Gasteiger partial charge on any atom is -0.397 e. The van der Waals surface area contributed by atoms with Gasteiger partial charge in [-0.1, -0.05) is 0 Å². The maximum Gasteiger partial charge on any atom is 0.346 e. The fourth-order valence-corrected chi connectivity index (χ4v) is 2.04. The summed E-state index contributed by atoms with van der Waals surface area (Å²) in [7, 11) is 3.43. The highest BCUT2D eigenvalue weighted by atomic mass is 16.6. The number of rotatable bonds is 4. The summed E-state index contributed by atoms with van der Waals surface area (Å²) in [4.78, 5) is 24.1. The molecule has 6 N–H and O–H groups in total. The van der Waals surface area contributed by atoms with Crippen molar-refractivity contribution in [1.29, 1.82) is 0 Å². The molecule has 2 aromatic carbocycles. The second kappa shape index (κ2) is 6.69. The first-order valence-corrected chi connectivity index (χ1v) is 6.87. The average Bonchev–Trinajstić information content (AvgIpc) is 2.54. The zero-order valence-electron chi connectivity index (χ0n) is 12.8. The lowest BCUT2D eigenvalue weighted by atomic mass is 10.1. The highest BCUT2D eigenvalue weighted by Gasteiger charge is 2.16. The van der Waals surface area contributed by atoms with Gasteiger partial charge in [0.1, 0.15) is 0 Å². The topological polar surface area (TPSA) is 119 Å². The Morgan fingerprint density at radius 2 is 1.22 bits per heavy atom. The van der Waals surface area contributed by atoms with E-state index >= 15 is 0 Å². The van der Waals surface area contributed by atoms with Gasteiger partial charge >= 0.3 is 11.9 Å². The molecule has 7 nitrogen and oxygen atoms in total. The zero-order valence-corrected chi connectivity index (χ0v) is 12.8. The molecular formula is C16H18N4O3. The molecule has 23 heavy (non-hydrogen) atoms. The number of carbonyl (C=O) groups excluding carboxylic acids is 2. The number of benzene rings is 2. The quantitative estimate of drug-likeness (QED) is 0.386. The number of anilines is 4. The molecule has 0 saturated heterocycles. The summed E-state index contributed by atoms with van der Waals surface area (Å²) in [5, 5.41) is 5.76. The number of esters is 2. The van der Waals surface area contributed by atoms with Crippen molar-refractivity contribution in [2.45, 2.75) is 0 Å². The van der Waals surface area contributed by atoms with Gasteiger partial charge in [0.15, 0.2) is 0 Å². The third kappa shape index (κ3) is 3.52. The molecule has 0 aliphatic rings. The molecule has 0 unspecified atom stereocenters. The molecule has 120 valence electrons. The van der Waals surface area contributed by atoms with Crippen LogP contribution >= 0.6 is 0 Å². The van der Waals surface area contributed by atoms with E-state index in [-0.39, 0.29) is 11.1 Å². The SMILES string of the molecule is CNc1ccc(C(=O)OC(=O)c2ccc(NC)c(N)c2)cc1N. The third-order valence-electron chi connectivity index (χ3n) is 3.30. The van der Waals surface area contributed by atoms with Crippen LogP contribution in [0.3, 0.4) is 0 Å². The lowest BCUT2D eigenvalue weighted by molar-refractivity contribution is 0.0398. The molecule has 2 aromatic rings. The molecular weight excluding hydrogens is 296 g/mol. The highest BCUT2D eigenvalue weighted by Crippen LogP contribution is 2.21. The van der Waals surface area contributed by atoms with E-state index in [1.54, 1.807) is 26.2 Å². The Labute approximate surface area is 133 Å². The predicted octanol–water partition coefficient (Wildman–Crippen LogP) is 1.93. The van der Waals surface area contributed by atoms with Gasteiger partial charge in [0.05, 0.1) is 33.9 Å². The summed E-state index contributed by atoms with van der Waals surface area (Å²) >= 11 is 0. The number of ether oxygens (including phenoxy) is 1. The standard InChI is InChI=1S/C16H18N4O3/c1-19-13-5-3-9(7-11(13)17)15(21)23-16(22)10-4-6-14(20-2)12(18)8-10/h3-8,19-20H,17-18H2,1-2H3. The fourth-order valence-electron chi connectivity index (χ4n) is 2.04. The summed E-state index contributed by atoms with van der Waals surface area (Å²) in [5.74, 6) is -1.55. The van der Waals surface area contributed by atoms with Crippen molar-refractivity contribution >= 4 is 34.7 Å². The molecule has 0 aromatic heterocycles. The van der Waals surface area contributed by atoms with Gasteiger partial charge in [-0.05, 0) is 36.4 Å². The van der Waals surface area contributed by atoms with E-state index in [9.17, 15) is 9.59 Å². The molecule has 2 rings (SSSR count). The van der Waals surface area contributed by atoms with Crippen LogP contribution in [0.4, 0.5) is 22.7 Å². The Kier molecular flexibility index (Phi) is 4.70. The lowest BCUT2D eigenvalue weighted by Gasteiger charge is -2.09. The normalized spacial score (nSPS) is 10.0. The van der Waals surface area contributed by atoms with Crippen molar-refractivity contribution in [3.05, 3.63) is 47.5 Å². The van der Waals surface area contributed by atoms with Gasteiger partial charge in [0.2, 0.25) is 0 Å². The minimum atomic E-state index is -0.777. The van der Waals surface area contributed by atoms with E-state index < -0.39 is 11.9 Å². The van der Waals surface area contributed by atoms with Crippen LogP contribution in [0.1, 0.15) is 20.7 Å². The summed E-state index contributed by atoms with van der Waals surface area (Å²) in [6, 6.07) is 9.21. The molecule has 0 spiro atoms. The number of hydrogen-bond acceptors (Lipinski definition) is 7. The van der Waals surface area contributed by atoms with E-state index in [4.69, 9.17) is 16.2 Å². The van der Waals surface area contributed by atoms with Crippen LogP contribution in [0, 0.1) is 0 Å². The molecule has 0 saturated carbocycles. The van der Waals surface area contributed by atoms with E-state index in [0.29, 0.717) is 22.7 Å². The summed E-state index contributed by atoms with van der Waals surface area (Å²) in [5.41, 5.74) is 14.1. The molecule has 0 amide bonds. The van der Waals surface area contributed by atoms with Gasteiger partial charge in [-0.3, -0.25) is 0 Å². The van der Waals surface area contributed by atoms with Crippen molar-refractivity contribution in [2.24, 2.45) is 0 Å². The summed E-state index contributed by atoms with van der Waals surface area (Å²) < 4.78 is 4.85. The molecule has 0 aliphatic heterocycles. The van der Waals surface area contributed by atoms with Crippen LogP contribution in [0.2, 0.25) is 0 Å². The second-order valence-corrected chi connectivity index (χ2v) is 4.78. The Balaban J connectivity index is 2.15. The Hall–Kier alpha value is -3.22. The maximum absolute atomic E-state index is 12.0. The maximum atomic E-state index is 12.0. The van der Waals surface area contributed by atoms with Gasteiger partial charge in [0.25, 0.3) is 0 Å². The van der Waals surface area contributed by atoms with Crippen LogP contribution in [0.25, 0.3) is 0 Å². The summed E-state index contributed by atoms with van der Waals surface area (Å²) in [6.45, 7) is 0. The molecule has 0 atom stereocenters. The van der Waals surface area contributed by atoms with E-state index in [1.807, 2.05) is 0 Å². The molecule has 7 heteroatoms. The summed E-state index contributed by atoms with van der Waals surface area (Å²) in [6.07, 6.45) is 0. The van der Waals surface area contributed by atoms with Crippen molar-refractivity contribution in [2.75, 3.05) is 36.2 Å². The minimum absolute atomic E-state index is 0.190. The first kappa shape index (κ1) is 16.2. The van der Waals surface area contributed by atoms with Gasteiger partial charge < -0.3 is 26.8 Å². The second-order valence-electron chi connectivity index (χ2n) is 4.78. The predicted molar refractivity (Wildman–Crippen MR) is 90.5 cm³/mol. The highest BCUT2D eigenvalue weighted by molar-refractivity contribution is 6.04. The Bertz CT molecular complexity index is 695. The van der Waals surface area contributed by atoms with E-state index in [0.717, 1.165) is 0 Å². The molecule has 0 heterocycles. The Morgan fingerprint density at radius 1 is 0.826 bits per heavy atom. The molecule has 0 aliphatic carbocycles. The zero-order chi connectivity index (χ0) is 17.0. The van der Waals surface area contributed by atoms with Gasteiger partial charge in [-0.2, -0.15) is 0 Å². The molecule has 0 radical (unpaired) electrons. The van der Waals surface area contributed by atoms with Crippen molar-refractivity contribution in [3.63, 3.8) is 0 Å². The smallest absolute Gasteiger partial charge is 0.346 e. The van der Waals surface area contributed by atoms with E-state index in [1.165, 1.54) is 24.3 Å². The number of nitrogens with one attached hydrogen (secondary N) is 2. The van der Waals surface area contributed by atoms with Crippen LogP contribution in [0.5, 0.6) is 0 Å². The van der Waals surface area contributed by atoms with E-state index in [2.05, 4.69) is 10.6 Å². The monoisotopic (exact) mass is 314 g/mol. The van der Waals surface area contributed by atoms with Crippen molar-refractivity contribution in [1.82, 2.24) is 0 Å². The van der Waals surface area contributed by atoms with Crippen LogP contribution in [-0.2, 0) is 4.74 Å². The number of hydrogen-bond donors (Lipinski definition) is 4. The third-order valence-corrected chi connectivity index (χ3v) is 3.30. The van der Waals surface area contributed by atoms with Crippen molar-refractivity contribution < 1.29 is 14.3 Å². The van der Waals surface area contributed by atoms with Crippen LogP contribution in [0.15, 0.2) is 36.4 Å². The molecule has 0 fully saturated rings. The van der Waals surface area contributed by atoms with Gasteiger partial charge in [-0.15, -0.1) is 0 Å². The van der Waals surface area contributed by atoms with Crippen LogP contribution < -0.4 is 22.1 Å². The Morgan fingerprint density at radius 3 is 1.52 bits per heavy atom. The number of nitrogen functional groups attached to an aromatic ring is 2. The van der Waals surface area contributed by atoms with Gasteiger partial charge in [0, 0.05) is 14.1 Å². The number of carbonyl (C=O) groups is 2. The molecule has 0 bridgehead atoms. The van der Waals surface area contributed by atoms with Gasteiger partial charge in [-0.25, -0.2) is 9.59 Å². The number of nitrogens with two attached hydrogens (primary N) is 2. The fraction of sp³-hybridized carbons (Fsp3) is 0.125. The first-order valence-electron chi connectivity index (χ1n) is 6.87. The lowest BCUT2D eigenvalue weighted by Crippen LogP contribution is -2.14.